The number of rotatable bonds is 3. The second-order valence-corrected chi connectivity index (χ2v) is 5.66. The molecule has 1 aromatic heterocycles. The third-order valence-electron chi connectivity index (χ3n) is 2.52. The van der Waals surface area contributed by atoms with Gasteiger partial charge in [0.1, 0.15) is 5.82 Å². The van der Waals surface area contributed by atoms with Crippen LogP contribution in [0.5, 0.6) is 0 Å². The van der Waals surface area contributed by atoms with Crippen LogP contribution in [-0.4, -0.2) is 9.97 Å². The highest BCUT2D eigenvalue weighted by molar-refractivity contribution is 9.11. The molecule has 94 valence electrons. The highest BCUT2D eigenvalue weighted by Crippen LogP contribution is 2.27. The molecule has 18 heavy (non-hydrogen) atoms. The molecule has 1 aromatic carbocycles. The molecule has 0 amide bonds. The molecule has 5 heteroatoms. The number of aryl methyl sites for hydroxylation is 1. The van der Waals surface area contributed by atoms with Crippen molar-refractivity contribution in [1.29, 1.82) is 0 Å². The second-order valence-electron chi connectivity index (χ2n) is 3.95. The molecule has 0 radical (unpaired) electrons. The van der Waals surface area contributed by atoms with Crippen molar-refractivity contribution in [2.24, 2.45) is 0 Å². The molecule has 0 fully saturated rings. The molecular formula is C13H13Br2N3. The predicted octanol–water partition coefficient (Wildman–Crippen LogP) is 4.20. The number of halogens is 2. The standard InChI is InChI=1S/C13H13Br2N3/c1-2-4-10-11(15)12(16)18-13(17-10)8-5-3-6-9(14)7-8/h3,5-7H,2,4H2,1H3,(H2,16,17,18). The van der Waals surface area contributed by atoms with E-state index in [0.29, 0.717) is 11.6 Å². The van der Waals surface area contributed by atoms with Gasteiger partial charge in [-0.25, -0.2) is 9.97 Å². The summed E-state index contributed by atoms with van der Waals surface area (Å²) in [5.41, 5.74) is 7.83. The Morgan fingerprint density at radius 1 is 1.22 bits per heavy atom. The highest BCUT2D eigenvalue weighted by atomic mass is 79.9. The lowest BCUT2D eigenvalue weighted by Gasteiger charge is -2.08. The molecule has 0 aliphatic rings. The maximum Gasteiger partial charge on any atom is 0.161 e. The summed E-state index contributed by atoms with van der Waals surface area (Å²) in [5.74, 6) is 1.16. The summed E-state index contributed by atoms with van der Waals surface area (Å²) >= 11 is 6.89. The number of aromatic nitrogens is 2. The van der Waals surface area contributed by atoms with Gasteiger partial charge in [-0.15, -0.1) is 0 Å². The van der Waals surface area contributed by atoms with Crippen LogP contribution >= 0.6 is 31.9 Å². The topological polar surface area (TPSA) is 51.8 Å². The molecule has 0 spiro atoms. The van der Waals surface area contributed by atoms with Crippen molar-refractivity contribution in [3.8, 4) is 11.4 Å². The average Bonchev–Trinajstić information content (AvgIpc) is 2.35. The van der Waals surface area contributed by atoms with Gasteiger partial charge in [0.2, 0.25) is 0 Å². The lowest BCUT2D eigenvalue weighted by molar-refractivity contribution is 0.870. The van der Waals surface area contributed by atoms with Crippen LogP contribution in [0.1, 0.15) is 19.0 Å². The van der Waals surface area contributed by atoms with Crippen LogP contribution < -0.4 is 5.73 Å². The fourth-order valence-corrected chi connectivity index (χ4v) is 2.45. The van der Waals surface area contributed by atoms with Gasteiger partial charge in [-0.05, 0) is 34.5 Å². The van der Waals surface area contributed by atoms with Crippen molar-refractivity contribution >= 4 is 37.7 Å². The highest BCUT2D eigenvalue weighted by Gasteiger charge is 2.11. The van der Waals surface area contributed by atoms with Crippen molar-refractivity contribution in [1.82, 2.24) is 9.97 Å². The van der Waals surface area contributed by atoms with Gasteiger partial charge in [0.05, 0.1) is 10.2 Å². The first-order valence-corrected chi connectivity index (χ1v) is 7.28. The number of nitrogens with two attached hydrogens (primary N) is 1. The van der Waals surface area contributed by atoms with E-state index < -0.39 is 0 Å². The monoisotopic (exact) mass is 369 g/mol. The van der Waals surface area contributed by atoms with Crippen molar-refractivity contribution in [2.45, 2.75) is 19.8 Å². The number of nitrogen functional groups attached to an aromatic ring is 1. The van der Waals surface area contributed by atoms with Crippen LogP contribution in [0.2, 0.25) is 0 Å². The quantitative estimate of drug-likeness (QED) is 0.880. The lowest BCUT2D eigenvalue weighted by atomic mass is 10.2. The number of hydrogen-bond donors (Lipinski definition) is 1. The van der Waals surface area contributed by atoms with Crippen LogP contribution in [0.15, 0.2) is 33.2 Å². The van der Waals surface area contributed by atoms with E-state index in [9.17, 15) is 0 Å². The smallest absolute Gasteiger partial charge is 0.161 e. The maximum absolute atomic E-state index is 5.92. The average molecular weight is 371 g/mol. The van der Waals surface area contributed by atoms with E-state index in [-0.39, 0.29) is 0 Å². The summed E-state index contributed by atoms with van der Waals surface area (Å²) in [6.07, 6.45) is 1.90. The zero-order chi connectivity index (χ0) is 13.1. The van der Waals surface area contributed by atoms with Crippen molar-refractivity contribution in [3.63, 3.8) is 0 Å². The van der Waals surface area contributed by atoms with E-state index >= 15 is 0 Å². The fraction of sp³-hybridized carbons (Fsp3) is 0.231. The first-order chi connectivity index (χ1) is 8.61. The summed E-state index contributed by atoms with van der Waals surface area (Å²) in [6, 6.07) is 7.89. The van der Waals surface area contributed by atoms with Crippen LogP contribution in [0, 0.1) is 0 Å². The molecule has 2 rings (SSSR count). The molecule has 0 aliphatic heterocycles. The molecule has 0 unspecified atom stereocenters. The molecule has 2 aromatic rings. The Morgan fingerprint density at radius 3 is 2.67 bits per heavy atom. The van der Waals surface area contributed by atoms with E-state index in [4.69, 9.17) is 5.73 Å². The van der Waals surface area contributed by atoms with E-state index in [0.717, 1.165) is 33.0 Å². The zero-order valence-electron chi connectivity index (χ0n) is 9.95. The van der Waals surface area contributed by atoms with E-state index in [1.54, 1.807) is 0 Å². The molecule has 1 heterocycles. The third-order valence-corrected chi connectivity index (χ3v) is 3.87. The van der Waals surface area contributed by atoms with Gasteiger partial charge >= 0.3 is 0 Å². The van der Waals surface area contributed by atoms with Crippen LogP contribution in [-0.2, 0) is 6.42 Å². The summed E-state index contributed by atoms with van der Waals surface area (Å²) in [7, 11) is 0. The van der Waals surface area contributed by atoms with Gasteiger partial charge in [-0.2, -0.15) is 0 Å². The molecule has 0 saturated carbocycles. The zero-order valence-corrected chi connectivity index (χ0v) is 13.1. The van der Waals surface area contributed by atoms with Crippen molar-refractivity contribution < 1.29 is 0 Å². The molecule has 0 saturated heterocycles. The summed E-state index contributed by atoms with van der Waals surface area (Å²) in [4.78, 5) is 8.90. The Morgan fingerprint density at radius 2 is 2.00 bits per heavy atom. The van der Waals surface area contributed by atoms with E-state index in [1.165, 1.54) is 0 Å². The van der Waals surface area contributed by atoms with Crippen LogP contribution in [0.25, 0.3) is 11.4 Å². The predicted molar refractivity (Wildman–Crippen MR) is 81.3 cm³/mol. The first-order valence-electron chi connectivity index (χ1n) is 5.69. The fourth-order valence-electron chi connectivity index (χ4n) is 1.67. The first kappa shape index (κ1) is 13.5. The van der Waals surface area contributed by atoms with Gasteiger partial charge in [0.25, 0.3) is 0 Å². The molecule has 3 nitrogen and oxygen atoms in total. The largest absolute Gasteiger partial charge is 0.383 e. The SMILES string of the molecule is CCCc1nc(-c2cccc(Br)c2)nc(N)c1Br. The van der Waals surface area contributed by atoms with Crippen LogP contribution in [0.4, 0.5) is 5.82 Å². The number of benzene rings is 1. The van der Waals surface area contributed by atoms with E-state index in [1.807, 2.05) is 24.3 Å². The van der Waals surface area contributed by atoms with Crippen molar-refractivity contribution in [2.75, 3.05) is 5.73 Å². The molecule has 2 N–H and O–H groups in total. The minimum Gasteiger partial charge on any atom is -0.383 e. The van der Waals surface area contributed by atoms with Gasteiger partial charge in [0.15, 0.2) is 5.82 Å². The molecular weight excluding hydrogens is 358 g/mol. The number of hydrogen-bond acceptors (Lipinski definition) is 3. The van der Waals surface area contributed by atoms with E-state index in [2.05, 4.69) is 48.8 Å². The van der Waals surface area contributed by atoms with Gasteiger partial charge in [-0.3, -0.25) is 0 Å². The minimum atomic E-state index is 0.489. The second kappa shape index (κ2) is 5.80. The number of nitrogens with zero attached hydrogens (tertiary/aromatic N) is 2. The summed E-state index contributed by atoms with van der Waals surface area (Å²) in [6.45, 7) is 2.11. The van der Waals surface area contributed by atoms with Crippen molar-refractivity contribution in [3.05, 3.63) is 38.9 Å². The molecule has 0 bridgehead atoms. The molecule has 0 aliphatic carbocycles. The Hall–Kier alpha value is -0.940. The maximum atomic E-state index is 5.92. The van der Waals surface area contributed by atoms with Gasteiger partial charge in [0, 0.05) is 10.0 Å². The Kier molecular flexibility index (Phi) is 4.35. The number of anilines is 1. The Labute approximate surface area is 123 Å². The normalized spacial score (nSPS) is 10.6. The van der Waals surface area contributed by atoms with Crippen LogP contribution in [0.3, 0.4) is 0 Å². The lowest BCUT2D eigenvalue weighted by Crippen LogP contribution is -2.02. The summed E-state index contributed by atoms with van der Waals surface area (Å²) < 4.78 is 1.81. The van der Waals surface area contributed by atoms with Gasteiger partial charge in [-0.1, -0.05) is 41.4 Å². The Balaban J connectivity index is 2.51. The third kappa shape index (κ3) is 2.90. The minimum absolute atomic E-state index is 0.489. The molecule has 0 atom stereocenters. The summed E-state index contributed by atoms with van der Waals surface area (Å²) in [5, 5.41) is 0. The Bertz CT molecular complexity index is 570. The van der Waals surface area contributed by atoms with Gasteiger partial charge < -0.3 is 5.73 Å².